The van der Waals surface area contributed by atoms with Crippen LogP contribution in [0.15, 0.2) is 24.3 Å². The first kappa shape index (κ1) is 29.7. The number of nitrogens with one attached hydrogen (secondary N) is 1. The molecule has 0 fully saturated rings. The summed E-state index contributed by atoms with van der Waals surface area (Å²) in [5.41, 5.74) is 3.29. The lowest BCUT2D eigenvalue weighted by Crippen LogP contribution is -2.36. The molecule has 39 heavy (non-hydrogen) atoms. The van der Waals surface area contributed by atoms with Crippen molar-refractivity contribution < 1.29 is 43.5 Å². The SMILES string of the molecule is COc1cc2c(c(OC)c1OC)-c1ccc(OC(=O)CCC(=O)N(CCO)CCO)cc1C(NC(C)=O)CC2. The standard InChI is InChI=1S/C28H36N2O9/c1-17(33)29-22-8-5-18-15-23(36-2)27(37-3)28(38-4)26(18)20-7-6-19(16-21(20)22)39-25(35)10-9-24(34)30(11-13-31)12-14-32/h6-7,15-16,22,31-32H,5,8-14H2,1-4H3,(H,29,33). The number of aliphatic hydroxyl groups is 2. The molecule has 3 rings (SSSR count). The zero-order valence-corrected chi connectivity index (χ0v) is 22.7. The number of hydrogen-bond acceptors (Lipinski definition) is 9. The Morgan fingerprint density at radius 2 is 1.67 bits per heavy atom. The molecule has 1 aliphatic rings. The largest absolute Gasteiger partial charge is 0.493 e. The van der Waals surface area contributed by atoms with E-state index in [4.69, 9.17) is 29.2 Å². The summed E-state index contributed by atoms with van der Waals surface area (Å²) in [7, 11) is 4.64. The summed E-state index contributed by atoms with van der Waals surface area (Å²) in [5, 5.41) is 21.2. The lowest BCUT2D eigenvalue weighted by atomic mass is 9.93. The highest BCUT2D eigenvalue weighted by Gasteiger charge is 2.30. The van der Waals surface area contributed by atoms with Crippen LogP contribution >= 0.6 is 0 Å². The number of methoxy groups -OCH3 is 3. The Bertz CT molecular complexity index is 1190. The van der Waals surface area contributed by atoms with Gasteiger partial charge in [-0.2, -0.15) is 0 Å². The van der Waals surface area contributed by atoms with E-state index < -0.39 is 5.97 Å². The number of aliphatic hydroxyl groups excluding tert-OH is 2. The monoisotopic (exact) mass is 544 g/mol. The smallest absolute Gasteiger partial charge is 0.311 e. The fourth-order valence-electron chi connectivity index (χ4n) is 4.82. The van der Waals surface area contributed by atoms with E-state index in [2.05, 4.69) is 5.32 Å². The summed E-state index contributed by atoms with van der Waals surface area (Å²) in [5.74, 6) is 0.571. The summed E-state index contributed by atoms with van der Waals surface area (Å²) in [6, 6.07) is 6.71. The number of esters is 1. The maximum atomic E-state index is 12.6. The summed E-state index contributed by atoms with van der Waals surface area (Å²) in [4.78, 5) is 38.3. The van der Waals surface area contributed by atoms with Gasteiger partial charge in [0.2, 0.25) is 17.6 Å². The van der Waals surface area contributed by atoms with Crippen LogP contribution in [0.4, 0.5) is 0 Å². The molecule has 0 spiro atoms. The minimum absolute atomic E-state index is 0.0748. The Hall–Kier alpha value is -3.83. The Kier molecular flexibility index (Phi) is 10.5. The van der Waals surface area contributed by atoms with Crippen LogP contribution < -0.4 is 24.3 Å². The fraction of sp³-hybridized carbons (Fsp3) is 0.464. The number of fused-ring (bicyclic) bond motifs is 3. The van der Waals surface area contributed by atoms with Crippen molar-refractivity contribution in [1.82, 2.24) is 10.2 Å². The van der Waals surface area contributed by atoms with Crippen LogP contribution in [0.1, 0.15) is 43.4 Å². The Morgan fingerprint density at radius 1 is 0.974 bits per heavy atom. The van der Waals surface area contributed by atoms with Gasteiger partial charge in [0.25, 0.3) is 0 Å². The van der Waals surface area contributed by atoms with Gasteiger partial charge in [0.1, 0.15) is 5.75 Å². The van der Waals surface area contributed by atoms with Crippen LogP contribution in [-0.4, -0.2) is 80.5 Å². The van der Waals surface area contributed by atoms with Gasteiger partial charge in [0.05, 0.1) is 47.0 Å². The van der Waals surface area contributed by atoms with Crippen LogP contribution in [0.2, 0.25) is 0 Å². The van der Waals surface area contributed by atoms with Gasteiger partial charge >= 0.3 is 5.97 Å². The van der Waals surface area contributed by atoms with Crippen LogP contribution in [0.3, 0.4) is 0 Å². The van der Waals surface area contributed by atoms with Crippen LogP contribution in [0.5, 0.6) is 23.0 Å². The molecule has 2 aromatic rings. The number of carbonyl (C=O) groups excluding carboxylic acids is 3. The molecule has 0 bridgehead atoms. The molecule has 212 valence electrons. The molecule has 11 heteroatoms. The predicted octanol–water partition coefficient (Wildman–Crippen LogP) is 2.00. The van der Waals surface area contributed by atoms with E-state index in [1.165, 1.54) is 18.9 Å². The fourth-order valence-corrected chi connectivity index (χ4v) is 4.82. The molecular formula is C28H36N2O9. The number of ether oxygens (including phenoxy) is 4. The molecule has 1 aliphatic carbocycles. The first-order valence-electron chi connectivity index (χ1n) is 12.7. The highest BCUT2D eigenvalue weighted by Crippen LogP contribution is 2.50. The number of benzene rings is 2. The number of hydrogen-bond donors (Lipinski definition) is 3. The Morgan fingerprint density at radius 3 is 2.26 bits per heavy atom. The molecule has 2 amide bonds. The topological polar surface area (TPSA) is 144 Å². The van der Waals surface area contributed by atoms with Gasteiger partial charge in [-0.3, -0.25) is 14.4 Å². The van der Waals surface area contributed by atoms with E-state index in [1.807, 2.05) is 6.07 Å². The third kappa shape index (κ3) is 6.98. The van der Waals surface area contributed by atoms with E-state index in [9.17, 15) is 14.4 Å². The number of rotatable bonds is 12. The zero-order chi connectivity index (χ0) is 28.5. The molecule has 0 heterocycles. The van der Waals surface area contributed by atoms with E-state index in [0.29, 0.717) is 30.1 Å². The molecule has 0 saturated heterocycles. The van der Waals surface area contributed by atoms with Crippen LogP contribution in [-0.2, 0) is 20.8 Å². The zero-order valence-electron chi connectivity index (χ0n) is 22.7. The van der Waals surface area contributed by atoms with Gasteiger partial charge in [0, 0.05) is 32.0 Å². The van der Waals surface area contributed by atoms with E-state index in [1.54, 1.807) is 32.4 Å². The predicted molar refractivity (Wildman–Crippen MR) is 142 cm³/mol. The van der Waals surface area contributed by atoms with Crippen molar-refractivity contribution in [3.05, 3.63) is 35.4 Å². The third-order valence-corrected chi connectivity index (χ3v) is 6.53. The van der Waals surface area contributed by atoms with E-state index in [0.717, 1.165) is 22.3 Å². The van der Waals surface area contributed by atoms with Gasteiger partial charge < -0.3 is 39.4 Å². The minimum atomic E-state index is -0.606. The summed E-state index contributed by atoms with van der Waals surface area (Å²) >= 11 is 0. The van der Waals surface area contributed by atoms with Gasteiger partial charge in [-0.05, 0) is 47.7 Å². The number of carbonyl (C=O) groups is 3. The van der Waals surface area contributed by atoms with Crippen molar-refractivity contribution >= 4 is 17.8 Å². The summed E-state index contributed by atoms with van der Waals surface area (Å²) in [6.07, 6.45) is 0.896. The molecule has 11 nitrogen and oxygen atoms in total. The van der Waals surface area contributed by atoms with Gasteiger partial charge in [-0.15, -0.1) is 0 Å². The maximum Gasteiger partial charge on any atom is 0.311 e. The first-order valence-corrected chi connectivity index (χ1v) is 12.7. The average Bonchev–Trinajstić information content (AvgIpc) is 3.06. The number of amides is 2. The lowest BCUT2D eigenvalue weighted by Gasteiger charge is -2.21. The molecule has 0 radical (unpaired) electrons. The second kappa shape index (κ2) is 13.8. The van der Waals surface area contributed by atoms with E-state index in [-0.39, 0.29) is 62.8 Å². The van der Waals surface area contributed by atoms with E-state index >= 15 is 0 Å². The molecular weight excluding hydrogens is 508 g/mol. The maximum absolute atomic E-state index is 12.6. The molecule has 1 unspecified atom stereocenters. The lowest BCUT2D eigenvalue weighted by molar-refractivity contribution is -0.139. The van der Waals surface area contributed by atoms with Crippen LogP contribution in [0, 0.1) is 0 Å². The highest BCUT2D eigenvalue weighted by molar-refractivity contribution is 5.85. The Balaban J connectivity index is 1.93. The Labute approximate surface area is 227 Å². The van der Waals surface area contributed by atoms with Gasteiger partial charge in [0.15, 0.2) is 11.5 Å². The minimum Gasteiger partial charge on any atom is -0.493 e. The van der Waals surface area contributed by atoms with Crippen molar-refractivity contribution in [1.29, 1.82) is 0 Å². The normalized spacial score (nSPS) is 13.8. The third-order valence-electron chi connectivity index (χ3n) is 6.53. The highest BCUT2D eigenvalue weighted by atomic mass is 16.5. The van der Waals surface area contributed by atoms with Gasteiger partial charge in [-0.1, -0.05) is 6.07 Å². The number of nitrogens with zero attached hydrogens (tertiary/aromatic N) is 1. The van der Waals surface area contributed by atoms with Crippen molar-refractivity contribution in [2.45, 2.75) is 38.6 Å². The van der Waals surface area contributed by atoms with Crippen LogP contribution in [0.25, 0.3) is 11.1 Å². The van der Waals surface area contributed by atoms with Crippen molar-refractivity contribution in [2.75, 3.05) is 47.6 Å². The second-order valence-electron chi connectivity index (χ2n) is 9.02. The average molecular weight is 545 g/mol. The van der Waals surface area contributed by atoms with Crippen molar-refractivity contribution in [3.63, 3.8) is 0 Å². The molecule has 0 aliphatic heterocycles. The summed E-state index contributed by atoms with van der Waals surface area (Å²) < 4.78 is 22.4. The molecule has 3 N–H and O–H groups in total. The number of aryl methyl sites for hydroxylation is 1. The molecule has 2 aromatic carbocycles. The van der Waals surface area contributed by atoms with Gasteiger partial charge in [-0.25, -0.2) is 0 Å². The van der Waals surface area contributed by atoms with Crippen molar-refractivity contribution in [2.24, 2.45) is 0 Å². The molecule has 0 aromatic heterocycles. The second-order valence-corrected chi connectivity index (χ2v) is 9.02. The van der Waals surface area contributed by atoms with Crippen molar-refractivity contribution in [3.8, 4) is 34.1 Å². The molecule has 1 atom stereocenters. The summed E-state index contributed by atoms with van der Waals surface area (Å²) in [6.45, 7) is 1.11. The first-order chi connectivity index (χ1) is 18.8. The quantitative estimate of drug-likeness (QED) is 0.270. The molecule has 0 saturated carbocycles.